The first-order valence-electron chi connectivity index (χ1n) is 7.65. The molecule has 4 rings (SSSR count). The van der Waals surface area contributed by atoms with Crippen LogP contribution in [0.25, 0.3) is 11.4 Å². The van der Waals surface area contributed by atoms with Crippen molar-refractivity contribution in [1.29, 1.82) is 0 Å². The van der Waals surface area contributed by atoms with Crippen LogP contribution >= 0.6 is 11.5 Å². The molecule has 6 nitrogen and oxygen atoms in total. The molecule has 0 bridgehead atoms. The standard InChI is InChI=1S/C15H13F3N6S/c16-15(17,18)11-2-1-3-12(20-11)21-14-22-13(23-25-14)10-6-19-24(8-10)7-9-4-5-9/h1-3,6,8-9H,4-5,7H2,(H,20,21,22,23). The summed E-state index contributed by atoms with van der Waals surface area (Å²) >= 11 is 1.06. The van der Waals surface area contributed by atoms with E-state index in [0.29, 0.717) is 16.9 Å². The lowest BCUT2D eigenvalue weighted by atomic mass is 10.3. The first-order chi connectivity index (χ1) is 12.0. The van der Waals surface area contributed by atoms with Crippen molar-refractivity contribution in [3.63, 3.8) is 0 Å². The summed E-state index contributed by atoms with van der Waals surface area (Å²) in [4.78, 5) is 7.85. The summed E-state index contributed by atoms with van der Waals surface area (Å²) in [5.74, 6) is 1.27. The van der Waals surface area contributed by atoms with Gasteiger partial charge in [-0.1, -0.05) is 6.07 Å². The maximum atomic E-state index is 12.7. The maximum absolute atomic E-state index is 12.7. The number of anilines is 2. The fourth-order valence-corrected chi connectivity index (χ4v) is 2.90. The van der Waals surface area contributed by atoms with Crippen molar-refractivity contribution in [2.75, 3.05) is 5.32 Å². The number of alkyl halides is 3. The van der Waals surface area contributed by atoms with Gasteiger partial charge in [-0.15, -0.1) is 0 Å². The van der Waals surface area contributed by atoms with Crippen LogP contribution in [0.1, 0.15) is 18.5 Å². The molecule has 0 atom stereocenters. The minimum Gasteiger partial charge on any atom is -0.315 e. The van der Waals surface area contributed by atoms with Crippen molar-refractivity contribution in [3.05, 3.63) is 36.3 Å². The normalized spacial score (nSPS) is 14.7. The van der Waals surface area contributed by atoms with Gasteiger partial charge in [0.25, 0.3) is 0 Å². The largest absolute Gasteiger partial charge is 0.433 e. The molecule has 3 heterocycles. The summed E-state index contributed by atoms with van der Waals surface area (Å²) in [5, 5.41) is 7.42. The summed E-state index contributed by atoms with van der Waals surface area (Å²) in [6, 6.07) is 3.66. The van der Waals surface area contributed by atoms with Crippen molar-refractivity contribution in [2.45, 2.75) is 25.6 Å². The zero-order chi connectivity index (χ0) is 17.4. The van der Waals surface area contributed by atoms with Crippen molar-refractivity contribution < 1.29 is 13.2 Å². The highest BCUT2D eigenvalue weighted by Crippen LogP contribution is 2.31. The fourth-order valence-electron chi connectivity index (χ4n) is 2.31. The van der Waals surface area contributed by atoms with E-state index in [1.165, 1.54) is 25.0 Å². The Morgan fingerprint density at radius 2 is 2.08 bits per heavy atom. The van der Waals surface area contributed by atoms with E-state index < -0.39 is 11.9 Å². The minimum absolute atomic E-state index is 0.0713. The highest BCUT2D eigenvalue weighted by atomic mass is 32.1. The Morgan fingerprint density at radius 1 is 1.24 bits per heavy atom. The molecule has 10 heteroatoms. The van der Waals surface area contributed by atoms with Crippen LogP contribution < -0.4 is 5.32 Å². The van der Waals surface area contributed by atoms with Gasteiger partial charge >= 0.3 is 6.18 Å². The minimum atomic E-state index is -4.49. The summed E-state index contributed by atoms with van der Waals surface area (Å²) < 4.78 is 44.2. The number of aromatic nitrogens is 5. The number of nitrogens with one attached hydrogen (secondary N) is 1. The van der Waals surface area contributed by atoms with E-state index in [4.69, 9.17) is 0 Å². The molecule has 3 aromatic rings. The van der Waals surface area contributed by atoms with Gasteiger partial charge in [0.1, 0.15) is 11.5 Å². The molecule has 1 saturated carbocycles. The fraction of sp³-hybridized carbons (Fsp3) is 0.333. The average Bonchev–Trinajstić information content (AvgIpc) is 3.06. The number of nitrogens with zero attached hydrogens (tertiary/aromatic N) is 5. The van der Waals surface area contributed by atoms with Gasteiger partial charge in [0.2, 0.25) is 5.13 Å². The first kappa shape index (κ1) is 16.0. The van der Waals surface area contributed by atoms with Crippen molar-refractivity contribution >= 4 is 22.5 Å². The second kappa shape index (κ2) is 6.10. The summed E-state index contributed by atoms with van der Waals surface area (Å²) in [6.45, 7) is 0.892. The molecule has 1 aliphatic rings. The average molecular weight is 366 g/mol. The molecule has 1 aliphatic carbocycles. The van der Waals surface area contributed by atoms with Gasteiger partial charge in [0, 0.05) is 24.3 Å². The lowest BCUT2D eigenvalue weighted by Crippen LogP contribution is -2.08. The number of rotatable bonds is 5. The number of hydrogen-bond donors (Lipinski definition) is 1. The van der Waals surface area contributed by atoms with Crippen LogP contribution in [0.5, 0.6) is 0 Å². The number of halogens is 3. The molecule has 0 amide bonds. The predicted octanol–water partition coefficient (Wildman–Crippen LogP) is 3.97. The molecule has 130 valence electrons. The van der Waals surface area contributed by atoms with Crippen LogP contribution in [0.15, 0.2) is 30.6 Å². The lowest BCUT2D eigenvalue weighted by Gasteiger charge is -2.07. The van der Waals surface area contributed by atoms with Gasteiger partial charge in [0.05, 0.1) is 11.8 Å². The molecule has 3 aromatic heterocycles. The van der Waals surface area contributed by atoms with Gasteiger partial charge in [-0.2, -0.15) is 27.6 Å². The van der Waals surface area contributed by atoms with Gasteiger partial charge < -0.3 is 5.32 Å². The molecular weight excluding hydrogens is 353 g/mol. The first-order valence-corrected chi connectivity index (χ1v) is 8.42. The van der Waals surface area contributed by atoms with Crippen molar-refractivity contribution in [2.24, 2.45) is 5.92 Å². The van der Waals surface area contributed by atoms with Crippen LogP contribution in [0.3, 0.4) is 0 Å². The number of pyridine rings is 1. The van der Waals surface area contributed by atoms with Crippen molar-refractivity contribution in [3.8, 4) is 11.4 Å². The second-order valence-electron chi connectivity index (χ2n) is 5.85. The van der Waals surface area contributed by atoms with E-state index in [1.807, 2.05) is 10.9 Å². The topological polar surface area (TPSA) is 68.5 Å². The Morgan fingerprint density at radius 3 is 2.84 bits per heavy atom. The van der Waals surface area contributed by atoms with Gasteiger partial charge in [0.15, 0.2) is 5.82 Å². The Labute approximate surface area is 144 Å². The van der Waals surface area contributed by atoms with E-state index >= 15 is 0 Å². The Balaban J connectivity index is 1.48. The molecule has 1 fully saturated rings. The third kappa shape index (κ3) is 3.78. The zero-order valence-corrected chi connectivity index (χ0v) is 13.7. The Kier molecular flexibility index (Phi) is 3.91. The lowest BCUT2D eigenvalue weighted by molar-refractivity contribution is -0.141. The molecule has 0 aliphatic heterocycles. The van der Waals surface area contributed by atoms with Crippen molar-refractivity contribution in [1.82, 2.24) is 24.1 Å². The van der Waals surface area contributed by atoms with Gasteiger partial charge in [-0.05, 0) is 30.9 Å². The Hall–Kier alpha value is -2.49. The van der Waals surface area contributed by atoms with E-state index in [1.54, 1.807) is 6.20 Å². The smallest absolute Gasteiger partial charge is 0.315 e. The summed E-state index contributed by atoms with van der Waals surface area (Å²) in [7, 11) is 0. The molecule has 0 radical (unpaired) electrons. The van der Waals surface area contributed by atoms with Gasteiger partial charge in [-0.25, -0.2) is 4.98 Å². The number of hydrogen-bond acceptors (Lipinski definition) is 6. The van der Waals surface area contributed by atoms with Crippen LogP contribution in [0.4, 0.5) is 24.1 Å². The Bertz CT molecular complexity index is 883. The molecule has 1 N–H and O–H groups in total. The van der Waals surface area contributed by atoms with Crippen LogP contribution in [0.2, 0.25) is 0 Å². The van der Waals surface area contributed by atoms with Gasteiger partial charge in [-0.3, -0.25) is 4.68 Å². The maximum Gasteiger partial charge on any atom is 0.433 e. The highest BCUT2D eigenvalue weighted by Gasteiger charge is 2.32. The third-order valence-corrected chi connectivity index (χ3v) is 4.36. The van der Waals surface area contributed by atoms with Crippen LogP contribution in [0, 0.1) is 5.92 Å². The van der Waals surface area contributed by atoms with Crippen LogP contribution in [-0.4, -0.2) is 24.1 Å². The molecule has 0 saturated heterocycles. The molecule has 0 unspecified atom stereocenters. The van der Waals surface area contributed by atoms with E-state index in [2.05, 4.69) is 24.8 Å². The highest BCUT2D eigenvalue weighted by molar-refractivity contribution is 7.09. The predicted molar refractivity (Wildman–Crippen MR) is 86.4 cm³/mol. The van der Waals surface area contributed by atoms with E-state index in [-0.39, 0.29) is 5.82 Å². The molecule has 0 aromatic carbocycles. The summed E-state index contributed by atoms with van der Waals surface area (Å²) in [5.41, 5.74) is -0.175. The zero-order valence-electron chi connectivity index (χ0n) is 12.9. The second-order valence-corrected chi connectivity index (χ2v) is 6.60. The molecular formula is C15H13F3N6S. The quantitative estimate of drug-likeness (QED) is 0.740. The molecule has 0 spiro atoms. The van der Waals surface area contributed by atoms with E-state index in [9.17, 15) is 13.2 Å². The third-order valence-electron chi connectivity index (χ3n) is 3.73. The molecule has 25 heavy (non-hydrogen) atoms. The SMILES string of the molecule is FC(F)(F)c1cccc(Nc2nc(-c3cnn(CC4CC4)c3)ns2)n1. The van der Waals surface area contributed by atoms with Crippen LogP contribution in [-0.2, 0) is 12.7 Å². The van der Waals surface area contributed by atoms with E-state index in [0.717, 1.165) is 29.7 Å². The monoisotopic (exact) mass is 366 g/mol. The summed E-state index contributed by atoms with van der Waals surface area (Å²) in [6.07, 6.45) is 1.56.